The van der Waals surface area contributed by atoms with Crippen LogP contribution in [0, 0.1) is 0 Å². The average Bonchev–Trinajstić information content (AvgIpc) is 2.37. The Morgan fingerprint density at radius 2 is 2.00 bits per heavy atom. The monoisotopic (exact) mass is 276 g/mol. The molecule has 0 bridgehead atoms. The third-order valence-corrected chi connectivity index (χ3v) is 2.62. The lowest BCUT2D eigenvalue weighted by Crippen LogP contribution is -2.67. The number of nitrogens with zero attached hydrogens (tertiary/aromatic N) is 6. The molecule has 6 atom stereocenters. The number of aliphatic hydroxyl groups excluding tert-OH is 3. The minimum atomic E-state index is -2.73. The molecule has 1 unspecified atom stereocenters. The number of hydrogen-bond donors (Lipinski definition) is 4. The minimum absolute atomic E-state index is 1.13. The van der Waals surface area contributed by atoms with E-state index in [4.69, 9.17) is 15.8 Å². The van der Waals surface area contributed by atoms with Crippen LogP contribution in [0.5, 0.6) is 0 Å². The summed E-state index contributed by atoms with van der Waals surface area (Å²) >= 11 is 0. The summed E-state index contributed by atoms with van der Waals surface area (Å²) in [7, 11) is 1.13. The van der Waals surface area contributed by atoms with E-state index in [1.54, 1.807) is 0 Å². The van der Waals surface area contributed by atoms with Crippen LogP contribution in [-0.4, -0.2) is 64.1 Å². The van der Waals surface area contributed by atoms with Crippen molar-refractivity contribution in [3.05, 3.63) is 20.9 Å². The van der Waals surface area contributed by atoms with E-state index >= 15 is 0 Å². The molecule has 1 aliphatic rings. The van der Waals surface area contributed by atoms with Crippen molar-refractivity contribution in [1.29, 1.82) is 0 Å². The second kappa shape index (κ2) is 6.02. The van der Waals surface area contributed by atoms with Crippen molar-refractivity contribution < 1.29 is 29.9 Å². The second-order valence-electron chi connectivity index (χ2n) is 3.69. The summed E-state index contributed by atoms with van der Waals surface area (Å²) < 4.78 is 9.62. The lowest BCUT2D eigenvalue weighted by Gasteiger charge is -2.46. The molecule has 4 N–H and O–H groups in total. The fourth-order valence-corrected chi connectivity index (χ4v) is 1.68. The number of azide groups is 2. The predicted molar refractivity (Wildman–Crippen MR) is 56.9 cm³/mol. The minimum Gasteiger partial charge on any atom is -0.387 e. The van der Waals surface area contributed by atoms with Gasteiger partial charge in [-0.25, -0.2) is 0 Å². The highest BCUT2D eigenvalue weighted by Crippen LogP contribution is 2.33. The number of rotatable bonds is 4. The first-order chi connectivity index (χ1) is 8.92. The summed E-state index contributed by atoms with van der Waals surface area (Å²) in [4.78, 5) is 4.59. The summed E-state index contributed by atoms with van der Waals surface area (Å²) in [5, 5.41) is 44.7. The van der Waals surface area contributed by atoms with E-state index in [-0.39, 0.29) is 0 Å². The molecule has 1 fully saturated rings. The van der Waals surface area contributed by atoms with Gasteiger partial charge in [0, 0.05) is 16.9 Å². The van der Waals surface area contributed by atoms with Gasteiger partial charge in [-0.05, 0) is 11.1 Å². The quantitative estimate of drug-likeness (QED) is 0.279. The Bertz CT molecular complexity index is 422. The molecule has 0 spiro atoms. The van der Waals surface area contributed by atoms with Gasteiger partial charge in [0.25, 0.3) is 0 Å². The Kier molecular flexibility index (Phi) is 4.89. The van der Waals surface area contributed by atoms with Crippen LogP contribution in [0.4, 0.5) is 0 Å². The van der Waals surface area contributed by atoms with Crippen molar-refractivity contribution in [3.8, 4) is 0 Å². The fraction of sp³-hybridized carbons (Fsp3) is 1.00. The number of hydrogen-bond acceptors (Lipinski definition) is 8. The highest BCUT2D eigenvalue weighted by Gasteiger charge is 2.57. The maximum Gasteiger partial charge on any atom is 0.201 e. The number of methoxy groups -OCH3 is 1. The van der Waals surface area contributed by atoms with Crippen molar-refractivity contribution in [1.82, 2.24) is 0 Å². The Labute approximate surface area is 106 Å². The molecule has 1 aliphatic heterocycles. The van der Waals surface area contributed by atoms with Gasteiger partial charge in [-0.1, -0.05) is 10.2 Å². The van der Waals surface area contributed by atoms with Gasteiger partial charge in [-0.2, -0.15) is 0 Å². The Hall–Kier alpha value is -1.62. The average molecular weight is 276 g/mol. The molecule has 0 aromatic heterocycles. The predicted octanol–water partition coefficient (Wildman–Crippen LogP) is -1.29. The van der Waals surface area contributed by atoms with Crippen molar-refractivity contribution >= 4 is 0 Å². The standard InChI is InChI=1S/C7H12N6O6/c1-18-6-2(14)3(15)7(17,11-13-9)4(19-6)5(16)10-12-8/h2-6,14-17H,1H3/t2-,3-,4-,5?,6+,7-/m1/s1. The van der Waals surface area contributed by atoms with Crippen molar-refractivity contribution in [2.45, 2.75) is 36.6 Å². The van der Waals surface area contributed by atoms with Crippen LogP contribution in [0.1, 0.15) is 0 Å². The highest BCUT2D eigenvalue weighted by atomic mass is 16.7. The van der Waals surface area contributed by atoms with Gasteiger partial charge in [0.2, 0.25) is 5.72 Å². The summed E-state index contributed by atoms with van der Waals surface area (Å²) in [6, 6.07) is 0. The molecule has 19 heavy (non-hydrogen) atoms. The Morgan fingerprint density at radius 3 is 2.47 bits per heavy atom. The molecule has 1 rings (SSSR count). The lowest BCUT2D eigenvalue weighted by molar-refractivity contribution is -0.333. The zero-order valence-corrected chi connectivity index (χ0v) is 9.68. The van der Waals surface area contributed by atoms with E-state index in [2.05, 4.69) is 24.8 Å². The van der Waals surface area contributed by atoms with E-state index in [0.29, 0.717) is 0 Å². The fourth-order valence-electron chi connectivity index (χ4n) is 1.68. The molecule has 0 radical (unpaired) electrons. The number of ether oxygens (including phenoxy) is 2. The van der Waals surface area contributed by atoms with Gasteiger partial charge in [0.05, 0.1) is 0 Å². The third kappa shape index (κ3) is 2.71. The maximum atomic E-state index is 10.0. The topological polar surface area (TPSA) is 197 Å². The van der Waals surface area contributed by atoms with Crippen molar-refractivity contribution in [2.24, 2.45) is 10.2 Å². The molecule has 0 aromatic carbocycles. The molecule has 1 saturated heterocycles. The smallest absolute Gasteiger partial charge is 0.201 e. The van der Waals surface area contributed by atoms with Gasteiger partial charge in [0.1, 0.15) is 18.3 Å². The zero-order valence-electron chi connectivity index (χ0n) is 9.68. The largest absolute Gasteiger partial charge is 0.387 e. The first-order valence-electron chi connectivity index (χ1n) is 4.97. The SMILES string of the molecule is CO[C@H]1O[C@H](C(O)N=[N+]=[N-])[C@@](O)(N=[N+]=[N-])[C@H](O)[C@H]1O. The van der Waals surface area contributed by atoms with Gasteiger partial charge in [-0.15, -0.1) is 0 Å². The molecule has 0 aliphatic carbocycles. The van der Waals surface area contributed by atoms with Crippen LogP contribution in [-0.2, 0) is 9.47 Å². The summed E-state index contributed by atoms with van der Waals surface area (Å²) in [6.45, 7) is 0. The summed E-state index contributed by atoms with van der Waals surface area (Å²) in [5.41, 5.74) is 13.9. The summed E-state index contributed by atoms with van der Waals surface area (Å²) in [5.74, 6) is 0. The molecule has 106 valence electrons. The Balaban J connectivity index is 3.21. The van der Waals surface area contributed by atoms with E-state index in [9.17, 15) is 20.4 Å². The van der Waals surface area contributed by atoms with E-state index in [1.807, 2.05) is 0 Å². The van der Waals surface area contributed by atoms with Gasteiger partial charge in [-0.3, -0.25) is 0 Å². The first-order valence-corrected chi connectivity index (χ1v) is 4.97. The van der Waals surface area contributed by atoms with Crippen LogP contribution in [0.15, 0.2) is 10.2 Å². The first kappa shape index (κ1) is 15.4. The summed E-state index contributed by atoms with van der Waals surface area (Å²) in [6.07, 6.45) is -8.97. The van der Waals surface area contributed by atoms with Gasteiger partial charge < -0.3 is 29.9 Å². The van der Waals surface area contributed by atoms with Crippen molar-refractivity contribution in [2.75, 3.05) is 7.11 Å². The van der Waals surface area contributed by atoms with Crippen LogP contribution in [0.3, 0.4) is 0 Å². The van der Waals surface area contributed by atoms with Crippen LogP contribution >= 0.6 is 0 Å². The second-order valence-corrected chi connectivity index (χ2v) is 3.69. The van der Waals surface area contributed by atoms with Gasteiger partial charge >= 0.3 is 0 Å². The third-order valence-electron chi connectivity index (χ3n) is 2.62. The Morgan fingerprint density at radius 1 is 1.37 bits per heavy atom. The van der Waals surface area contributed by atoms with Gasteiger partial charge in [0.15, 0.2) is 12.5 Å². The molecule has 12 heteroatoms. The molecular weight excluding hydrogens is 264 g/mol. The van der Waals surface area contributed by atoms with E-state index < -0.39 is 36.6 Å². The molecule has 0 saturated carbocycles. The molecular formula is C7H12N6O6. The van der Waals surface area contributed by atoms with E-state index in [1.165, 1.54) is 0 Å². The molecule has 0 aromatic rings. The van der Waals surface area contributed by atoms with Crippen LogP contribution in [0.25, 0.3) is 20.9 Å². The number of aliphatic hydroxyl groups is 4. The van der Waals surface area contributed by atoms with E-state index in [0.717, 1.165) is 7.11 Å². The zero-order chi connectivity index (χ0) is 14.6. The van der Waals surface area contributed by atoms with Crippen molar-refractivity contribution in [3.63, 3.8) is 0 Å². The van der Waals surface area contributed by atoms with Crippen LogP contribution < -0.4 is 0 Å². The van der Waals surface area contributed by atoms with Crippen LogP contribution in [0.2, 0.25) is 0 Å². The molecule has 12 nitrogen and oxygen atoms in total. The normalized spacial score (nSPS) is 39.8. The molecule has 1 heterocycles. The highest BCUT2D eigenvalue weighted by molar-refractivity contribution is 5.02. The molecule has 0 amide bonds. The lowest BCUT2D eigenvalue weighted by atomic mass is 9.91. The maximum absolute atomic E-state index is 10.0.